The molecule has 1 nitrogen and oxygen atoms in total. The molecular weight excluding hydrogens is 216 g/mol. The van der Waals surface area contributed by atoms with Gasteiger partial charge in [0.05, 0.1) is 5.60 Å². The topological polar surface area (TPSA) is 20.2 Å². The average molecular weight is 240 g/mol. The number of thioether (sulfide) groups is 1. The van der Waals surface area contributed by atoms with E-state index in [1.54, 1.807) is 0 Å². The van der Waals surface area contributed by atoms with Gasteiger partial charge in [-0.05, 0) is 44.9 Å². The highest BCUT2D eigenvalue weighted by Gasteiger charge is 2.40. The van der Waals surface area contributed by atoms with Gasteiger partial charge in [0.25, 0.3) is 0 Å². The van der Waals surface area contributed by atoms with Gasteiger partial charge in [0.15, 0.2) is 0 Å². The number of hydrogen-bond acceptors (Lipinski definition) is 2. The maximum absolute atomic E-state index is 10.6. The van der Waals surface area contributed by atoms with E-state index in [2.05, 4.69) is 18.3 Å². The highest BCUT2D eigenvalue weighted by Crippen LogP contribution is 2.47. The van der Waals surface area contributed by atoms with Crippen molar-refractivity contribution in [3.63, 3.8) is 0 Å². The van der Waals surface area contributed by atoms with Gasteiger partial charge < -0.3 is 5.11 Å². The van der Waals surface area contributed by atoms with Gasteiger partial charge in [-0.1, -0.05) is 18.9 Å². The molecule has 2 aliphatic heterocycles. The first kappa shape index (κ1) is 12.5. The summed E-state index contributed by atoms with van der Waals surface area (Å²) in [5.74, 6) is 0. The molecule has 0 aromatic carbocycles. The quantitative estimate of drug-likeness (QED) is 0.581. The molecule has 2 fully saturated rings. The second-order valence-corrected chi connectivity index (χ2v) is 7.08. The Morgan fingerprint density at radius 3 is 2.56 bits per heavy atom. The maximum Gasteiger partial charge on any atom is 0.0668 e. The Hall–Kier alpha value is 0.0500. The van der Waals surface area contributed by atoms with Gasteiger partial charge in [0, 0.05) is 10.5 Å². The molecule has 0 spiro atoms. The third-order valence-corrected chi connectivity index (χ3v) is 5.53. The summed E-state index contributed by atoms with van der Waals surface area (Å²) >= 11 is 2.14. The first-order valence-corrected chi connectivity index (χ1v) is 7.65. The molecule has 2 unspecified atom stereocenters. The van der Waals surface area contributed by atoms with E-state index in [-0.39, 0.29) is 5.60 Å². The second kappa shape index (κ2) is 5.59. The van der Waals surface area contributed by atoms with Gasteiger partial charge in [-0.15, -0.1) is 6.58 Å². The molecule has 2 atom stereocenters. The van der Waals surface area contributed by atoms with Crippen LogP contribution in [0.5, 0.6) is 0 Å². The zero-order valence-electron chi connectivity index (χ0n) is 10.2. The lowest BCUT2D eigenvalue weighted by molar-refractivity contribution is 0.00254. The number of rotatable bonds is 5. The summed E-state index contributed by atoms with van der Waals surface area (Å²) in [5, 5.41) is 12.1. The van der Waals surface area contributed by atoms with Crippen molar-refractivity contribution in [1.82, 2.24) is 0 Å². The zero-order valence-corrected chi connectivity index (χ0v) is 11.0. The van der Waals surface area contributed by atoms with E-state index >= 15 is 0 Å². The molecule has 0 saturated carbocycles. The molecule has 0 amide bonds. The number of hydrogen-bond donors (Lipinski definition) is 1. The van der Waals surface area contributed by atoms with Crippen LogP contribution in [0, 0.1) is 0 Å². The predicted octanol–water partition coefficient (Wildman–Crippen LogP) is 3.91. The monoisotopic (exact) mass is 240 g/mol. The predicted molar refractivity (Wildman–Crippen MR) is 71.9 cm³/mol. The van der Waals surface area contributed by atoms with Crippen LogP contribution in [0.3, 0.4) is 0 Å². The van der Waals surface area contributed by atoms with Crippen molar-refractivity contribution in [1.29, 1.82) is 0 Å². The normalized spacial score (nSPS) is 38.3. The van der Waals surface area contributed by atoms with Crippen LogP contribution < -0.4 is 0 Å². The molecular formula is C14H24OS. The summed E-state index contributed by atoms with van der Waals surface area (Å²) in [6.45, 7) is 3.74. The first-order chi connectivity index (χ1) is 7.72. The molecule has 2 rings (SSSR count). The summed E-state index contributed by atoms with van der Waals surface area (Å²) < 4.78 is 0. The SMILES string of the molecule is C=CCCCCC1(O)CC2CCCC(C1)S2. The van der Waals surface area contributed by atoms with Crippen LogP contribution in [-0.2, 0) is 0 Å². The average Bonchev–Trinajstić information content (AvgIpc) is 2.24. The number of fused-ring (bicyclic) bond motifs is 2. The number of unbranched alkanes of at least 4 members (excludes halogenated alkanes) is 2. The lowest BCUT2D eigenvalue weighted by atomic mass is 9.82. The molecule has 2 heteroatoms. The second-order valence-electron chi connectivity index (χ2n) is 5.48. The minimum Gasteiger partial charge on any atom is -0.390 e. The van der Waals surface area contributed by atoms with Crippen LogP contribution in [0.4, 0.5) is 0 Å². The molecule has 0 aromatic rings. The summed E-state index contributed by atoms with van der Waals surface area (Å²) in [5.41, 5.74) is -0.331. The molecule has 2 bridgehead atoms. The van der Waals surface area contributed by atoms with Crippen molar-refractivity contribution in [2.75, 3.05) is 0 Å². The minimum absolute atomic E-state index is 0.331. The summed E-state index contributed by atoms with van der Waals surface area (Å²) in [4.78, 5) is 0. The van der Waals surface area contributed by atoms with Crippen LogP contribution in [-0.4, -0.2) is 21.2 Å². The van der Waals surface area contributed by atoms with Crippen molar-refractivity contribution in [3.8, 4) is 0 Å². The van der Waals surface area contributed by atoms with E-state index in [0.717, 1.165) is 42.6 Å². The molecule has 0 radical (unpaired) electrons. The number of aliphatic hydroxyl groups is 1. The van der Waals surface area contributed by atoms with E-state index in [1.165, 1.54) is 25.7 Å². The smallest absolute Gasteiger partial charge is 0.0668 e. The molecule has 92 valence electrons. The Morgan fingerprint density at radius 2 is 1.94 bits per heavy atom. The Kier molecular flexibility index (Phi) is 4.37. The largest absolute Gasteiger partial charge is 0.390 e. The number of allylic oxidation sites excluding steroid dienone is 1. The van der Waals surface area contributed by atoms with E-state index in [0.29, 0.717) is 0 Å². The zero-order chi connectivity index (χ0) is 11.4. The fraction of sp³-hybridized carbons (Fsp3) is 0.857. The van der Waals surface area contributed by atoms with Crippen LogP contribution in [0.25, 0.3) is 0 Å². The van der Waals surface area contributed by atoms with Crippen LogP contribution in [0.15, 0.2) is 12.7 Å². The van der Waals surface area contributed by atoms with Crippen molar-refractivity contribution in [2.24, 2.45) is 0 Å². The molecule has 2 heterocycles. The van der Waals surface area contributed by atoms with E-state index in [1.807, 2.05) is 6.08 Å². The molecule has 0 aliphatic carbocycles. The molecule has 2 aliphatic rings. The first-order valence-electron chi connectivity index (χ1n) is 6.71. The fourth-order valence-electron chi connectivity index (χ4n) is 3.16. The highest BCUT2D eigenvalue weighted by molar-refractivity contribution is 8.00. The van der Waals surface area contributed by atoms with E-state index in [9.17, 15) is 5.11 Å². The summed E-state index contributed by atoms with van der Waals surface area (Å²) in [6.07, 6.45) is 12.6. The molecule has 2 saturated heterocycles. The Labute approximate surface area is 104 Å². The van der Waals surface area contributed by atoms with Gasteiger partial charge in [-0.25, -0.2) is 0 Å². The fourth-order valence-corrected chi connectivity index (χ4v) is 5.12. The Bertz CT molecular complexity index is 227. The van der Waals surface area contributed by atoms with Gasteiger partial charge in [0.2, 0.25) is 0 Å². The van der Waals surface area contributed by atoms with E-state index < -0.39 is 0 Å². The third-order valence-electron chi connectivity index (χ3n) is 3.95. The molecule has 1 N–H and O–H groups in total. The van der Waals surface area contributed by atoms with Crippen LogP contribution >= 0.6 is 11.8 Å². The highest BCUT2D eigenvalue weighted by atomic mass is 32.2. The Balaban J connectivity index is 1.80. The van der Waals surface area contributed by atoms with E-state index in [4.69, 9.17) is 0 Å². The lowest BCUT2D eigenvalue weighted by Crippen LogP contribution is -2.42. The van der Waals surface area contributed by atoms with Crippen LogP contribution in [0.2, 0.25) is 0 Å². The van der Waals surface area contributed by atoms with Gasteiger partial charge in [0.1, 0.15) is 0 Å². The van der Waals surface area contributed by atoms with Gasteiger partial charge in [-0.2, -0.15) is 11.8 Å². The summed E-state index contributed by atoms with van der Waals surface area (Å²) in [6, 6.07) is 0. The van der Waals surface area contributed by atoms with Crippen molar-refractivity contribution in [2.45, 2.75) is 73.9 Å². The van der Waals surface area contributed by atoms with Gasteiger partial charge >= 0.3 is 0 Å². The third kappa shape index (κ3) is 3.27. The van der Waals surface area contributed by atoms with Gasteiger partial charge in [-0.3, -0.25) is 0 Å². The Morgan fingerprint density at radius 1 is 1.25 bits per heavy atom. The standard InChI is InChI=1S/C14H24OS/c1-2-3-4-5-9-14(15)10-12-7-6-8-13(11-14)16-12/h2,12-13,15H,1,3-11H2. The minimum atomic E-state index is -0.331. The van der Waals surface area contributed by atoms with Crippen molar-refractivity contribution in [3.05, 3.63) is 12.7 Å². The van der Waals surface area contributed by atoms with Crippen molar-refractivity contribution >= 4 is 11.8 Å². The lowest BCUT2D eigenvalue weighted by Gasteiger charge is -2.44. The van der Waals surface area contributed by atoms with Crippen molar-refractivity contribution < 1.29 is 5.11 Å². The molecule has 16 heavy (non-hydrogen) atoms. The van der Waals surface area contributed by atoms with Crippen LogP contribution in [0.1, 0.15) is 57.8 Å². The maximum atomic E-state index is 10.6. The summed E-state index contributed by atoms with van der Waals surface area (Å²) in [7, 11) is 0. The molecule has 0 aromatic heterocycles.